The van der Waals surface area contributed by atoms with E-state index >= 15 is 0 Å². The van der Waals surface area contributed by atoms with E-state index in [1.165, 1.54) is 0 Å². The molecular weight excluding hydrogens is 196 g/mol. The van der Waals surface area contributed by atoms with Gasteiger partial charge in [0, 0.05) is 24.8 Å². The van der Waals surface area contributed by atoms with Gasteiger partial charge in [-0.25, -0.2) is 0 Å². The van der Waals surface area contributed by atoms with E-state index in [1.54, 1.807) is 0 Å². The van der Waals surface area contributed by atoms with Gasteiger partial charge in [-0.1, -0.05) is 6.92 Å². The first-order valence-corrected chi connectivity index (χ1v) is 6.16. The van der Waals surface area contributed by atoms with Crippen molar-refractivity contribution in [3.8, 4) is 6.07 Å². The second-order valence-electron chi connectivity index (χ2n) is 3.70. The van der Waals surface area contributed by atoms with Gasteiger partial charge in [-0.2, -0.15) is 17.0 Å². The standard InChI is InChI=1S/C10H16N2OS/c1-8(14-2)3-4-12-7-9(6-11)5-10(12)13/h8-9H,3-5,7H2,1-2H3. The molecule has 0 aliphatic carbocycles. The molecule has 1 heterocycles. The summed E-state index contributed by atoms with van der Waals surface area (Å²) in [6, 6.07) is 2.16. The monoisotopic (exact) mass is 212 g/mol. The molecule has 78 valence electrons. The number of nitrogens with zero attached hydrogens (tertiary/aromatic N) is 2. The van der Waals surface area contributed by atoms with Gasteiger partial charge in [-0.3, -0.25) is 4.79 Å². The molecule has 1 amide bonds. The highest BCUT2D eigenvalue weighted by Gasteiger charge is 2.28. The van der Waals surface area contributed by atoms with Crippen molar-refractivity contribution in [1.29, 1.82) is 5.26 Å². The summed E-state index contributed by atoms with van der Waals surface area (Å²) >= 11 is 1.81. The van der Waals surface area contributed by atoms with Gasteiger partial charge in [0.2, 0.25) is 5.91 Å². The molecule has 1 rings (SSSR count). The summed E-state index contributed by atoms with van der Waals surface area (Å²) < 4.78 is 0. The number of nitriles is 1. The lowest BCUT2D eigenvalue weighted by atomic mass is 10.1. The van der Waals surface area contributed by atoms with Crippen LogP contribution >= 0.6 is 11.8 Å². The highest BCUT2D eigenvalue weighted by Crippen LogP contribution is 2.18. The molecule has 0 aromatic heterocycles. The van der Waals surface area contributed by atoms with Gasteiger partial charge in [-0.05, 0) is 12.7 Å². The van der Waals surface area contributed by atoms with Crippen molar-refractivity contribution < 1.29 is 4.79 Å². The topological polar surface area (TPSA) is 44.1 Å². The molecule has 3 nitrogen and oxygen atoms in total. The normalized spacial score (nSPS) is 23.6. The Balaban J connectivity index is 2.33. The summed E-state index contributed by atoms with van der Waals surface area (Å²) in [6.07, 6.45) is 3.52. The maximum absolute atomic E-state index is 11.4. The number of carbonyl (C=O) groups excluding carboxylic acids is 1. The molecule has 0 radical (unpaired) electrons. The fourth-order valence-corrected chi connectivity index (χ4v) is 1.87. The largest absolute Gasteiger partial charge is 0.341 e. The van der Waals surface area contributed by atoms with E-state index in [-0.39, 0.29) is 11.8 Å². The molecule has 2 unspecified atom stereocenters. The molecule has 14 heavy (non-hydrogen) atoms. The molecule has 0 N–H and O–H groups in total. The van der Waals surface area contributed by atoms with E-state index in [0.29, 0.717) is 18.2 Å². The Labute approximate surface area is 89.5 Å². The molecule has 1 aliphatic rings. The van der Waals surface area contributed by atoms with Gasteiger partial charge in [0.25, 0.3) is 0 Å². The van der Waals surface area contributed by atoms with Crippen LogP contribution in [0.5, 0.6) is 0 Å². The van der Waals surface area contributed by atoms with Crippen molar-refractivity contribution in [3.63, 3.8) is 0 Å². The van der Waals surface area contributed by atoms with Crippen molar-refractivity contribution in [2.24, 2.45) is 5.92 Å². The van der Waals surface area contributed by atoms with Gasteiger partial charge in [0.05, 0.1) is 12.0 Å². The molecule has 4 heteroatoms. The maximum Gasteiger partial charge on any atom is 0.224 e. The van der Waals surface area contributed by atoms with Crippen LogP contribution in [0, 0.1) is 17.2 Å². The van der Waals surface area contributed by atoms with Crippen LogP contribution in [0.2, 0.25) is 0 Å². The highest BCUT2D eigenvalue weighted by molar-refractivity contribution is 7.99. The Morgan fingerprint density at radius 2 is 2.50 bits per heavy atom. The second-order valence-corrected chi connectivity index (χ2v) is 4.98. The molecule has 0 saturated carbocycles. The number of likely N-dealkylation sites (tertiary alicyclic amines) is 1. The zero-order valence-electron chi connectivity index (χ0n) is 8.69. The van der Waals surface area contributed by atoms with E-state index in [1.807, 2.05) is 16.7 Å². The van der Waals surface area contributed by atoms with E-state index in [4.69, 9.17) is 5.26 Å². The first-order chi connectivity index (χ1) is 6.67. The Morgan fingerprint density at radius 3 is 3.00 bits per heavy atom. The van der Waals surface area contributed by atoms with Crippen LogP contribution in [0.3, 0.4) is 0 Å². The predicted octanol–water partition coefficient (Wildman–Crippen LogP) is 1.50. The predicted molar refractivity (Wildman–Crippen MR) is 57.9 cm³/mol. The minimum Gasteiger partial charge on any atom is -0.341 e. The van der Waals surface area contributed by atoms with E-state index in [0.717, 1.165) is 13.0 Å². The summed E-state index contributed by atoms with van der Waals surface area (Å²) in [5.41, 5.74) is 0. The minimum absolute atomic E-state index is 0.0768. The van der Waals surface area contributed by atoms with Crippen LogP contribution in [0.25, 0.3) is 0 Å². The molecule has 2 atom stereocenters. The lowest BCUT2D eigenvalue weighted by molar-refractivity contribution is -0.127. The Bertz CT molecular complexity index is 249. The average molecular weight is 212 g/mol. The molecule has 0 aromatic carbocycles. The van der Waals surface area contributed by atoms with Gasteiger partial charge >= 0.3 is 0 Å². The summed E-state index contributed by atoms with van der Waals surface area (Å²) in [4.78, 5) is 13.2. The van der Waals surface area contributed by atoms with Crippen molar-refractivity contribution in [1.82, 2.24) is 4.90 Å². The molecule has 1 aliphatic heterocycles. The van der Waals surface area contributed by atoms with Crippen molar-refractivity contribution in [2.45, 2.75) is 25.0 Å². The van der Waals surface area contributed by atoms with Crippen molar-refractivity contribution in [3.05, 3.63) is 0 Å². The quantitative estimate of drug-likeness (QED) is 0.709. The summed E-state index contributed by atoms with van der Waals surface area (Å²) in [6.45, 7) is 3.60. The number of amides is 1. The van der Waals surface area contributed by atoms with Gasteiger partial charge in [-0.15, -0.1) is 0 Å². The maximum atomic E-state index is 11.4. The zero-order valence-corrected chi connectivity index (χ0v) is 9.51. The van der Waals surface area contributed by atoms with Crippen LogP contribution in [0.4, 0.5) is 0 Å². The Hall–Kier alpha value is -0.690. The SMILES string of the molecule is CSC(C)CCN1CC(C#N)CC1=O. The van der Waals surface area contributed by atoms with Crippen LogP contribution < -0.4 is 0 Å². The number of thioether (sulfide) groups is 1. The smallest absolute Gasteiger partial charge is 0.224 e. The third-order valence-corrected chi connectivity index (χ3v) is 3.65. The molecule has 0 aromatic rings. The van der Waals surface area contributed by atoms with Crippen molar-refractivity contribution >= 4 is 17.7 Å². The number of hydrogen-bond acceptors (Lipinski definition) is 3. The molecule has 1 fully saturated rings. The summed E-state index contributed by atoms with van der Waals surface area (Å²) in [5.74, 6) is 0.0666. The van der Waals surface area contributed by atoms with Crippen LogP contribution in [-0.2, 0) is 4.79 Å². The second kappa shape index (κ2) is 5.26. The lowest BCUT2D eigenvalue weighted by Gasteiger charge is -2.17. The third-order valence-electron chi connectivity index (χ3n) is 2.60. The van der Waals surface area contributed by atoms with Gasteiger partial charge < -0.3 is 4.90 Å². The molecule has 0 bridgehead atoms. The Morgan fingerprint density at radius 1 is 1.79 bits per heavy atom. The first-order valence-electron chi connectivity index (χ1n) is 4.87. The molecule has 0 spiro atoms. The van der Waals surface area contributed by atoms with E-state index in [2.05, 4.69) is 19.2 Å². The summed E-state index contributed by atoms with van der Waals surface area (Å²) in [5, 5.41) is 9.28. The van der Waals surface area contributed by atoms with Gasteiger partial charge in [0.15, 0.2) is 0 Å². The number of hydrogen-bond donors (Lipinski definition) is 0. The number of rotatable bonds is 4. The lowest BCUT2D eigenvalue weighted by Crippen LogP contribution is -2.27. The summed E-state index contributed by atoms with van der Waals surface area (Å²) in [7, 11) is 0. The first kappa shape index (κ1) is 11.4. The van der Waals surface area contributed by atoms with E-state index < -0.39 is 0 Å². The number of carbonyl (C=O) groups is 1. The van der Waals surface area contributed by atoms with Crippen LogP contribution in [-0.4, -0.2) is 35.4 Å². The van der Waals surface area contributed by atoms with Crippen LogP contribution in [0.1, 0.15) is 19.8 Å². The fourth-order valence-electron chi connectivity index (χ4n) is 1.53. The molecule has 1 saturated heterocycles. The fraction of sp³-hybridized carbons (Fsp3) is 0.800. The molecular formula is C10H16N2OS. The third kappa shape index (κ3) is 2.91. The van der Waals surface area contributed by atoms with E-state index in [9.17, 15) is 4.79 Å². The van der Waals surface area contributed by atoms with Crippen molar-refractivity contribution in [2.75, 3.05) is 19.3 Å². The average Bonchev–Trinajstić information content (AvgIpc) is 2.55. The van der Waals surface area contributed by atoms with Crippen LogP contribution in [0.15, 0.2) is 0 Å². The highest BCUT2D eigenvalue weighted by atomic mass is 32.2. The minimum atomic E-state index is -0.0768. The van der Waals surface area contributed by atoms with Gasteiger partial charge in [0.1, 0.15) is 0 Å². The zero-order chi connectivity index (χ0) is 10.6. The Kier molecular flexibility index (Phi) is 4.27.